The van der Waals surface area contributed by atoms with E-state index in [1.54, 1.807) is 17.9 Å². The minimum Gasteiger partial charge on any atom is -0.457 e. The Hall–Kier alpha value is -11.3. The number of nitrogens with one attached hydrogen (secondary N) is 3. The van der Waals surface area contributed by atoms with Crippen molar-refractivity contribution >= 4 is 144 Å². The molecule has 13 rings (SSSR count). The third-order valence-corrected chi connectivity index (χ3v) is 17.0. The Labute approximate surface area is 676 Å². The summed E-state index contributed by atoms with van der Waals surface area (Å²) in [5.74, 6) is 12.0. The van der Waals surface area contributed by atoms with Crippen molar-refractivity contribution in [2.75, 3.05) is 40.3 Å². The maximum Gasteiger partial charge on any atom is 0.261 e. The summed E-state index contributed by atoms with van der Waals surface area (Å²) in [6.45, 7) is 18.3. The highest BCUT2D eigenvalue weighted by atomic mass is 35.5. The molecule has 0 fully saturated rings. The van der Waals surface area contributed by atoms with Gasteiger partial charge in [0.15, 0.2) is 17.3 Å². The number of para-hydroxylation sites is 4. The third kappa shape index (κ3) is 24.9. The Morgan fingerprint density at radius 1 is 0.441 bits per heavy atom. The molecule has 31 heteroatoms. The van der Waals surface area contributed by atoms with Gasteiger partial charge < -0.3 is 46.4 Å². The first-order chi connectivity index (χ1) is 53.0. The van der Waals surface area contributed by atoms with Gasteiger partial charge >= 0.3 is 0 Å². The molecule has 9 N–H and O–H groups in total. The summed E-state index contributed by atoms with van der Waals surface area (Å²) in [4.78, 5) is 66.6. The average Bonchev–Trinajstić information content (AvgIpc) is 1.66. The van der Waals surface area contributed by atoms with Crippen molar-refractivity contribution in [3.8, 4) is 46.0 Å². The van der Waals surface area contributed by atoms with Crippen LogP contribution in [0.25, 0.3) is 11.0 Å². The number of nitrogen functional groups attached to an aromatic ring is 1. The molecular formula is C80H76Cl7N17O7. The molecule has 572 valence electrons. The molecule has 0 radical (unpaired) electrons. The van der Waals surface area contributed by atoms with Crippen LogP contribution in [0.5, 0.6) is 46.0 Å². The molecule has 0 saturated heterocycles. The fourth-order valence-electron chi connectivity index (χ4n) is 10.4. The van der Waals surface area contributed by atoms with E-state index in [2.05, 4.69) is 60.9 Å². The van der Waals surface area contributed by atoms with Gasteiger partial charge in [0.1, 0.15) is 61.9 Å². The minimum absolute atomic E-state index is 0.00170. The first-order valence-corrected chi connectivity index (χ1v) is 36.3. The third-order valence-electron chi connectivity index (χ3n) is 15.5. The van der Waals surface area contributed by atoms with E-state index >= 15 is 0 Å². The summed E-state index contributed by atoms with van der Waals surface area (Å²) in [7, 11) is 3.40. The molecule has 0 aliphatic rings. The van der Waals surface area contributed by atoms with Gasteiger partial charge in [-0.05, 0) is 262 Å². The lowest BCUT2D eigenvalue weighted by Crippen LogP contribution is -2.29. The number of hydrogen-bond acceptors (Lipinski definition) is 21. The van der Waals surface area contributed by atoms with Crippen LogP contribution >= 0.6 is 81.2 Å². The lowest BCUT2D eigenvalue weighted by atomic mass is 10.1. The SMILES string of the molecule is CCN.Cc1cc(Oc2ccccc2)cc(C)c1N.Cc1cc(Oc2ccccc2)cc(C)c1NC(=O)c1cnc(Cl)nc1Cl.Cc1cc(Oc2ccccc2)cc(C)c1NC(=O)c1cnc(Cl)nc1N(C)N.Cc1cc(Oc2ccccc2)cc(C)c1Nc1nn(C)c2nc(Cl)ncc12.O=C(Cl)c1cnc(Cl)nc1Cl. The fourth-order valence-corrected chi connectivity index (χ4v) is 11.6. The zero-order valence-corrected chi connectivity index (χ0v) is 67.1. The minimum atomic E-state index is -0.702. The highest BCUT2D eigenvalue weighted by Gasteiger charge is 2.21. The van der Waals surface area contributed by atoms with E-state index in [1.165, 1.54) is 23.6 Å². The van der Waals surface area contributed by atoms with Crippen molar-refractivity contribution < 1.29 is 33.3 Å². The number of aromatic nitrogens is 10. The average molecular weight is 1640 g/mol. The zero-order valence-electron chi connectivity index (χ0n) is 61.8. The Morgan fingerprint density at radius 3 is 1.10 bits per heavy atom. The van der Waals surface area contributed by atoms with Crippen LogP contribution in [-0.4, -0.2) is 80.3 Å². The van der Waals surface area contributed by atoms with E-state index < -0.39 is 11.1 Å². The van der Waals surface area contributed by atoms with Crippen molar-refractivity contribution in [1.82, 2.24) is 49.7 Å². The number of ether oxygens (including phenoxy) is 4. The number of hydrogen-bond donors (Lipinski definition) is 6. The molecule has 0 bridgehead atoms. The van der Waals surface area contributed by atoms with E-state index in [9.17, 15) is 14.4 Å². The molecule has 0 spiro atoms. The number of halogens is 7. The molecule has 8 aromatic carbocycles. The normalized spacial score (nSPS) is 10.3. The number of nitrogens with zero attached hydrogens (tertiary/aromatic N) is 11. The van der Waals surface area contributed by atoms with Gasteiger partial charge in [0, 0.05) is 61.6 Å². The first kappa shape index (κ1) is 85.3. The van der Waals surface area contributed by atoms with Gasteiger partial charge in [-0.15, -0.1) is 0 Å². The molecular weight excluding hydrogens is 1560 g/mol. The van der Waals surface area contributed by atoms with Crippen LogP contribution in [0.3, 0.4) is 0 Å². The van der Waals surface area contributed by atoms with Gasteiger partial charge in [-0.1, -0.05) is 103 Å². The van der Waals surface area contributed by atoms with Crippen LogP contribution in [0.4, 0.5) is 34.4 Å². The Kier molecular flexibility index (Phi) is 31.5. The molecule has 5 heterocycles. The summed E-state index contributed by atoms with van der Waals surface area (Å²) >= 11 is 39.3. The van der Waals surface area contributed by atoms with Crippen LogP contribution in [0.2, 0.25) is 31.4 Å². The predicted molar refractivity (Wildman–Crippen MR) is 443 cm³/mol. The van der Waals surface area contributed by atoms with E-state index in [0.717, 1.165) is 102 Å². The lowest BCUT2D eigenvalue weighted by Gasteiger charge is -2.17. The second kappa shape index (κ2) is 40.9. The molecule has 0 aliphatic heterocycles. The Morgan fingerprint density at radius 2 is 0.748 bits per heavy atom. The largest absolute Gasteiger partial charge is 0.457 e. The molecule has 24 nitrogen and oxygen atoms in total. The molecule has 0 unspecified atom stereocenters. The van der Waals surface area contributed by atoms with Gasteiger partial charge in [0.25, 0.3) is 17.1 Å². The summed E-state index contributed by atoms with van der Waals surface area (Å²) < 4.78 is 25.1. The number of amides is 2. The van der Waals surface area contributed by atoms with Crippen LogP contribution < -0.4 is 57.2 Å². The second-order valence-corrected chi connectivity index (χ2v) is 26.6. The molecule has 0 aliphatic carbocycles. The van der Waals surface area contributed by atoms with Gasteiger partial charge in [-0.2, -0.15) is 15.1 Å². The highest BCUT2D eigenvalue weighted by molar-refractivity contribution is 6.68. The lowest BCUT2D eigenvalue weighted by molar-refractivity contribution is 0.101. The molecule has 0 atom stereocenters. The summed E-state index contributed by atoms with van der Waals surface area (Å²) in [5.41, 5.74) is 22.6. The summed E-state index contributed by atoms with van der Waals surface area (Å²) in [6.07, 6.45) is 5.50. The highest BCUT2D eigenvalue weighted by Crippen LogP contribution is 2.36. The van der Waals surface area contributed by atoms with Crippen molar-refractivity contribution in [3.63, 3.8) is 0 Å². The number of rotatable bonds is 16. The smallest absolute Gasteiger partial charge is 0.261 e. The number of fused-ring (bicyclic) bond motifs is 1. The molecule has 111 heavy (non-hydrogen) atoms. The summed E-state index contributed by atoms with van der Waals surface area (Å²) in [6, 6.07) is 53.8. The Bertz CT molecular complexity index is 5300. The maximum absolute atomic E-state index is 12.8. The van der Waals surface area contributed by atoms with E-state index in [-0.39, 0.29) is 59.9 Å². The van der Waals surface area contributed by atoms with E-state index in [0.29, 0.717) is 34.3 Å². The molecule has 5 aromatic heterocycles. The maximum atomic E-state index is 12.8. The van der Waals surface area contributed by atoms with Gasteiger partial charge in [-0.25, -0.2) is 40.4 Å². The van der Waals surface area contributed by atoms with Gasteiger partial charge in [0.2, 0.25) is 21.1 Å². The number of carbonyl (C=O) groups is 3. The second-order valence-electron chi connectivity index (χ2n) is 24.2. The number of aryl methyl sites for hydroxylation is 9. The van der Waals surface area contributed by atoms with Gasteiger partial charge in [0.05, 0.1) is 16.5 Å². The standard InChI is InChI=1S/C20H20ClN5O2.C20H18ClN5O.C19H15Cl2N3O2.C14H15NO.C5HCl3N2O.C2H7N/c1-12-9-15(28-14-7-5-4-6-8-14)10-13(2)17(12)24-19(27)16-11-23-20(21)25-18(16)26(3)22;1-12-9-15(27-14-7-5-4-6-8-14)10-13(2)17(12)23-18-16-11-22-20(21)24-19(16)26(3)25-18;1-11-8-14(26-13-6-4-3-5-7-13)9-12(2)16(11)23-18(25)15-10-22-19(21)24-17(15)20;1-10-8-13(9-11(2)14(10)15)16-12-6-4-3-5-7-12;6-3-2(4(7)11)1-9-5(8)10-3;1-2-3/h4-11H,22H2,1-3H3,(H,24,27);4-11H,1-3H3,(H,23,25);3-10H,1-2H3,(H,23,25);3-9H,15H2,1-2H3;1H;2-3H2,1H3. The molecule has 0 saturated carbocycles. The van der Waals surface area contributed by atoms with Crippen molar-refractivity contribution in [2.24, 2.45) is 18.6 Å². The van der Waals surface area contributed by atoms with Crippen LogP contribution in [-0.2, 0) is 7.05 Å². The predicted octanol–water partition coefficient (Wildman–Crippen LogP) is 20.5. The van der Waals surface area contributed by atoms with Gasteiger partial charge in [-0.3, -0.25) is 19.4 Å². The molecule has 13 aromatic rings. The fraction of sp³-hybridized carbons (Fsp3) is 0.150. The van der Waals surface area contributed by atoms with E-state index in [4.69, 9.17) is 117 Å². The number of anilines is 6. The van der Waals surface area contributed by atoms with Crippen LogP contribution in [0.1, 0.15) is 82.5 Å². The first-order valence-electron chi connectivity index (χ1n) is 33.6. The monoisotopic (exact) mass is 1630 g/mol. The summed E-state index contributed by atoms with van der Waals surface area (Å²) in [5, 5.41) is 15.1. The number of carbonyl (C=O) groups excluding carboxylic acids is 3. The topological polar surface area (TPSA) is 326 Å². The van der Waals surface area contributed by atoms with E-state index in [1.807, 2.05) is 239 Å². The molecule has 2 amide bonds. The van der Waals surface area contributed by atoms with Crippen molar-refractivity contribution in [3.05, 3.63) is 287 Å². The van der Waals surface area contributed by atoms with Crippen LogP contribution in [0.15, 0.2) is 195 Å². The van der Waals surface area contributed by atoms with Crippen LogP contribution in [0, 0.1) is 55.4 Å². The zero-order chi connectivity index (χ0) is 80.6. The number of hydrazine groups is 1. The quantitative estimate of drug-likeness (QED) is 0.0131. The Balaban J connectivity index is 0.000000178. The van der Waals surface area contributed by atoms with Crippen molar-refractivity contribution in [2.45, 2.75) is 62.3 Å². The number of nitrogens with two attached hydrogens (primary N) is 3. The van der Waals surface area contributed by atoms with Crippen molar-refractivity contribution in [1.29, 1.82) is 0 Å². The number of benzene rings is 8.